The van der Waals surface area contributed by atoms with E-state index < -0.39 is 0 Å². The Morgan fingerprint density at radius 3 is 3.04 bits per heavy atom. The number of methoxy groups -OCH3 is 1. The highest BCUT2D eigenvalue weighted by Crippen LogP contribution is 2.29. The Bertz CT molecular complexity index is 891. The molecule has 2 N–H and O–H groups in total. The largest absolute Gasteiger partial charge is 0.507 e. The van der Waals surface area contributed by atoms with Gasteiger partial charge in [-0.25, -0.2) is 10.4 Å². The topological polar surface area (TPSA) is 83.8 Å². The van der Waals surface area contributed by atoms with E-state index in [4.69, 9.17) is 4.74 Å². The summed E-state index contributed by atoms with van der Waals surface area (Å²) in [5.74, 6) is 0.615. The van der Waals surface area contributed by atoms with Gasteiger partial charge in [0.1, 0.15) is 11.5 Å². The summed E-state index contributed by atoms with van der Waals surface area (Å²) in [4.78, 5) is 16.3. The number of carbonyl (C=O) groups is 1. The molecule has 1 aromatic heterocycles. The second kappa shape index (κ2) is 8.00. The van der Waals surface area contributed by atoms with Gasteiger partial charge in [-0.15, -0.1) is 11.3 Å². The quantitative estimate of drug-likeness (QED) is 0.394. The van der Waals surface area contributed by atoms with Gasteiger partial charge in [0.2, 0.25) is 0 Å². The van der Waals surface area contributed by atoms with Crippen LogP contribution in [-0.2, 0) is 4.79 Å². The first-order valence-electron chi connectivity index (χ1n) is 7.33. The lowest BCUT2D eigenvalue weighted by Crippen LogP contribution is -2.19. The molecule has 0 aliphatic carbocycles. The summed E-state index contributed by atoms with van der Waals surface area (Å²) in [7, 11) is 1.54. The van der Waals surface area contributed by atoms with Crippen molar-refractivity contribution in [3.63, 3.8) is 0 Å². The molecule has 6 nitrogen and oxygen atoms in total. The highest BCUT2D eigenvalue weighted by molar-refractivity contribution is 8.01. The number of thiazole rings is 1. The van der Waals surface area contributed by atoms with Gasteiger partial charge in [0.05, 0.1) is 29.3 Å². The number of aromatic nitrogens is 1. The number of nitrogens with zero attached hydrogens (tertiary/aromatic N) is 2. The number of fused-ring (bicyclic) bond motifs is 1. The molecular weight excluding hydrogens is 358 g/mol. The highest BCUT2D eigenvalue weighted by atomic mass is 32.2. The molecule has 0 unspecified atom stereocenters. The van der Waals surface area contributed by atoms with Crippen LogP contribution >= 0.6 is 23.1 Å². The number of aromatic hydroxyl groups is 1. The lowest BCUT2D eigenvalue weighted by atomic mass is 10.2. The van der Waals surface area contributed by atoms with E-state index in [1.165, 1.54) is 31.2 Å². The molecule has 25 heavy (non-hydrogen) atoms. The summed E-state index contributed by atoms with van der Waals surface area (Å²) in [6.07, 6.45) is 1.37. The number of para-hydroxylation sites is 1. The number of phenolic OH excluding ortho intramolecular Hbond substituents is 1. The number of hydrogen-bond acceptors (Lipinski definition) is 7. The smallest absolute Gasteiger partial charge is 0.250 e. The molecule has 0 atom stereocenters. The summed E-state index contributed by atoms with van der Waals surface area (Å²) in [6, 6.07) is 12.6. The second-order valence-corrected chi connectivity index (χ2v) is 7.21. The number of amides is 1. The van der Waals surface area contributed by atoms with Gasteiger partial charge < -0.3 is 9.84 Å². The molecule has 0 fully saturated rings. The number of hydrogen-bond donors (Lipinski definition) is 2. The first-order chi connectivity index (χ1) is 12.2. The molecule has 8 heteroatoms. The van der Waals surface area contributed by atoms with Crippen LogP contribution in [0, 0.1) is 0 Å². The Kier molecular flexibility index (Phi) is 5.52. The summed E-state index contributed by atoms with van der Waals surface area (Å²) in [5.41, 5.74) is 3.82. The Balaban J connectivity index is 1.54. The maximum absolute atomic E-state index is 11.9. The predicted molar refractivity (Wildman–Crippen MR) is 101 cm³/mol. The molecule has 1 heterocycles. The zero-order chi connectivity index (χ0) is 17.6. The number of ether oxygens (including phenoxy) is 1. The average molecular weight is 373 g/mol. The van der Waals surface area contributed by atoms with Crippen molar-refractivity contribution in [2.75, 3.05) is 12.9 Å². The minimum absolute atomic E-state index is 0.0580. The van der Waals surface area contributed by atoms with Crippen LogP contribution in [0.4, 0.5) is 0 Å². The van der Waals surface area contributed by atoms with E-state index in [1.807, 2.05) is 24.3 Å². The van der Waals surface area contributed by atoms with E-state index in [-0.39, 0.29) is 17.4 Å². The number of hydrazone groups is 1. The number of phenols is 1. The van der Waals surface area contributed by atoms with E-state index in [0.29, 0.717) is 11.3 Å². The fraction of sp³-hybridized carbons (Fsp3) is 0.118. The van der Waals surface area contributed by atoms with Crippen molar-refractivity contribution in [1.82, 2.24) is 10.4 Å². The first kappa shape index (κ1) is 17.2. The minimum Gasteiger partial charge on any atom is -0.507 e. The van der Waals surface area contributed by atoms with Gasteiger partial charge in [0.25, 0.3) is 5.91 Å². The summed E-state index contributed by atoms with van der Waals surface area (Å²) in [5, 5.41) is 13.6. The van der Waals surface area contributed by atoms with Crippen molar-refractivity contribution in [1.29, 1.82) is 0 Å². The van der Waals surface area contributed by atoms with E-state index in [0.717, 1.165) is 14.6 Å². The maximum Gasteiger partial charge on any atom is 0.250 e. The third kappa shape index (κ3) is 4.49. The third-order valence-corrected chi connectivity index (χ3v) is 5.41. The summed E-state index contributed by atoms with van der Waals surface area (Å²) >= 11 is 2.91. The van der Waals surface area contributed by atoms with Crippen molar-refractivity contribution in [3.05, 3.63) is 48.0 Å². The van der Waals surface area contributed by atoms with Crippen LogP contribution < -0.4 is 10.2 Å². The van der Waals surface area contributed by atoms with Gasteiger partial charge >= 0.3 is 0 Å². The number of rotatable bonds is 6. The fourth-order valence-electron chi connectivity index (χ4n) is 2.01. The number of thioether (sulfide) groups is 1. The van der Waals surface area contributed by atoms with E-state index in [1.54, 1.807) is 23.5 Å². The highest BCUT2D eigenvalue weighted by Gasteiger charge is 2.07. The van der Waals surface area contributed by atoms with Crippen LogP contribution in [0.15, 0.2) is 51.9 Å². The fourth-order valence-corrected chi connectivity index (χ4v) is 3.87. The zero-order valence-corrected chi connectivity index (χ0v) is 14.9. The number of benzene rings is 2. The number of carbonyl (C=O) groups excluding carboxylic acids is 1. The van der Waals surface area contributed by atoms with E-state index in [9.17, 15) is 9.90 Å². The third-order valence-electron chi connectivity index (χ3n) is 3.23. The molecule has 0 radical (unpaired) electrons. The molecule has 0 bridgehead atoms. The van der Waals surface area contributed by atoms with Crippen molar-refractivity contribution in [2.24, 2.45) is 5.10 Å². The Labute approximate surface area is 152 Å². The normalized spacial score (nSPS) is 11.1. The van der Waals surface area contributed by atoms with Crippen LogP contribution in [0.5, 0.6) is 11.5 Å². The molecule has 0 aliphatic rings. The van der Waals surface area contributed by atoms with Crippen LogP contribution in [0.2, 0.25) is 0 Å². The molecule has 0 spiro atoms. The van der Waals surface area contributed by atoms with Crippen LogP contribution in [0.25, 0.3) is 10.2 Å². The Hall–Kier alpha value is -2.58. The molecule has 0 aliphatic heterocycles. The van der Waals surface area contributed by atoms with Gasteiger partial charge in [0.15, 0.2) is 4.34 Å². The average Bonchev–Trinajstić information content (AvgIpc) is 3.04. The van der Waals surface area contributed by atoms with Gasteiger partial charge in [-0.2, -0.15) is 5.10 Å². The van der Waals surface area contributed by atoms with E-state index >= 15 is 0 Å². The van der Waals surface area contributed by atoms with Gasteiger partial charge in [-0.05, 0) is 30.3 Å². The molecule has 128 valence electrons. The maximum atomic E-state index is 11.9. The van der Waals surface area contributed by atoms with Crippen molar-refractivity contribution in [3.8, 4) is 11.5 Å². The molecule has 0 saturated heterocycles. The van der Waals surface area contributed by atoms with Gasteiger partial charge in [-0.3, -0.25) is 4.79 Å². The monoisotopic (exact) mass is 373 g/mol. The molecule has 3 aromatic rings. The van der Waals surface area contributed by atoms with Gasteiger partial charge in [-0.1, -0.05) is 23.9 Å². The molecular formula is C17H15N3O3S2. The Morgan fingerprint density at radius 1 is 1.40 bits per heavy atom. The SMILES string of the molecule is COc1ccc(O)c(/C=N/NC(=O)CSc2nc3ccccc3s2)c1. The number of nitrogens with one attached hydrogen (secondary N) is 1. The minimum atomic E-state index is -0.247. The second-order valence-electron chi connectivity index (χ2n) is 4.95. The van der Waals surface area contributed by atoms with Crippen LogP contribution in [-0.4, -0.2) is 35.1 Å². The standard InChI is InChI=1S/C17H15N3O3S2/c1-23-12-6-7-14(21)11(8-12)9-18-20-16(22)10-24-17-19-13-4-2-3-5-15(13)25-17/h2-9,21H,10H2,1H3,(H,20,22)/b18-9+. The van der Waals surface area contributed by atoms with Gasteiger partial charge in [0, 0.05) is 5.56 Å². The predicted octanol–water partition coefficient (Wildman–Crippen LogP) is 3.25. The molecule has 3 rings (SSSR count). The summed E-state index contributed by atoms with van der Waals surface area (Å²) in [6.45, 7) is 0. The Morgan fingerprint density at radius 2 is 2.24 bits per heavy atom. The molecule has 0 saturated carbocycles. The van der Waals surface area contributed by atoms with Crippen LogP contribution in [0.1, 0.15) is 5.56 Å². The first-order valence-corrected chi connectivity index (χ1v) is 9.13. The van der Waals surface area contributed by atoms with Crippen molar-refractivity contribution < 1.29 is 14.6 Å². The van der Waals surface area contributed by atoms with Crippen molar-refractivity contribution >= 4 is 45.4 Å². The van der Waals surface area contributed by atoms with Crippen LogP contribution in [0.3, 0.4) is 0 Å². The zero-order valence-electron chi connectivity index (χ0n) is 13.3. The lowest BCUT2D eigenvalue weighted by Gasteiger charge is -2.03. The van der Waals surface area contributed by atoms with E-state index in [2.05, 4.69) is 15.5 Å². The summed E-state index contributed by atoms with van der Waals surface area (Å²) < 4.78 is 7.01. The molecule has 2 aromatic carbocycles. The lowest BCUT2D eigenvalue weighted by molar-refractivity contribution is -0.118. The molecule has 1 amide bonds. The van der Waals surface area contributed by atoms with Crippen molar-refractivity contribution in [2.45, 2.75) is 4.34 Å².